The molecule has 0 N–H and O–H groups in total. The second kappa shape index (κ2) is 17.9. The first-order valence-corrected chi connectivity index (χ1v) is 20.1. The van der Waals surface area contributed by atoms with Gasteiger partial charge in [0.05, 0.1) is 12.7 Å². The minimum Gasteiger partial charge on any atom is -0.415 e. The zero-order valence-electron chi connectivity index (χ0n) is 22.3. The van der Waals surface area contributed by atoms with Crippen LogP contribution >= 0.6 is 0 Å². The summed E-state index contributed by atoms with van der Waals surface area (Å²) >= 11 is 0. The van der Waals surface area contributed by atoms with Crippen molar-refractivity contribution in [2.75, 3.05) is 6.61 Å². The van der Waals surface area contributed by atoms with Gasteiger partial charge in [-0.2, -0.15) is 0 Å². The zero-order valence-corrected chi connectivity index (χ0v) is 24.3. The fraction of sp³-hybridized carbons (Fsp3) is 1.00. The zero-order chi connectivity index (χ0) is 22.9. The Labute approximate surface area is 193 Å². The third-order valence-electron chi connectivity index (χ3n) is 5.53. The van der Waals surface area contributed by atoms with Gasteiger partial charge in [-0.3, -0.25) is 0 Å². The molecule has 0 rings (SSSR count). The van der Waals surface area contributed by atoms with E-state index in [1.165, 1.54) is 96.3 Å². The summed E-state index contributed by atoms with van der Waals surface area (Å²) in [7, 11) is -2.95. The molecule has 0 aromatic heterocycles. The molecule has 0 amide bonds. The Morgan fingerprint density at radius 2 is 0.867 bits per heavy atom. The lowest BCUT2D eigenvalue weighted by molar-refractivity contribution is 0.109. The first-order valence-electron chi connectivity index (χ1n) is 13.3. The molecule has 0 aromatic rings. The van der Waals surface area contributed by atoms with Crippen molar-refractivity contribution in [3.8, 4) is 0 Å². The van der Waals surface area contributed by atoms with Crippen molar-refractivity contribution in [1.82, 2.24) is 0 Å². The highest BCUT2D eigenvalue weighted by Crippen LogP contribution is 2.18. The number of unbranched alkanes of at least 4 members (excludes halogenated alkanes) is 12. The predicted octanol–water partition coefficient (Wildman–Crippen LogP) is 9.57. The molecule has 182 valence electrons. The molecular formula is C26H58O2Si2. The van der Waals surface area contributed by atoms with Crippen molar-refractivity contribution in [1.29, 1.82) is 0 Å². The number of rotatable bonds is 21. The van der Waals surface area contributed by atoms with Gasteiger partial charge in [-0.15, -0.1) is 0 Å². The van der Waals surface area contributed by atoms with Gasteiger partial charge in [0.2, 0.25) is 0 Å². The fourth-order valence-corrected chi connectivity index (χ4v) is 5.76. The second-order valence-electron chi connectivity index (χ2n) is 11.8. The van der Waals surface area contributed by atoms with Crippen LogP contribution in [0.5, 0.6) is 0 Å². The lowest BCUT2D eigenvalue weighted by Crippen LogP contribution is -2.38. The molecule has 0 aliphatic heterocycles. The van der Waals surface area contributed by atoms with E-state index in [-0.39, 0.29) is 0 Å². The largest absolute Gasteiger partial charge is 0.415 e. The Kier molecular flexibility index (Phi) is 18.1. The highest BCUT2D eigenvalue weighted by Gasteiger charge is 2.23. The Morgan fingerprint density at radius 1 is 0.500 bits per heavy atom. The van der Waals surface area contributed by atoms with Crippen LogP contribution in [-0.4, -0.2) is 29.3 Å². The molecule has 2 nitrogen and oxygen atoms in total. The smallest absolute Gasteiger partial charge is 0.184 e. The maximum atomic E-state index is 6.39. The van der Waals surface area contributed by atoms with Gasteiger partial charge < -0.3 is 8.85 Å². The average molecular weight is 459 g/mol. The molecular weight excluding hydrogens is 400 g/mol. The van der Waals surface area contributed by atoms with Gasteiger partial charge in [-0.05, 0) is 51.6 Å². The van der Waals surface area contributed by atoms with E-state index in [9.17, 15) is 0 Å². The maximum Gasteiger partial charge on any atom is 0.184 e. The van der Waals surface area contributed by atoms with Gasteiger partial charge in [0.1, 0.15) is 0 Å². The fourth-order valence-electron chi connectivity index (χ4n) is 3.89. The van der Waals surface area contributed by atoms with Crippen LogP contribution in [0.25, 0.3) is 0 Å². The van der Waals surface area contributed by atoms with Crippen LogP contribution in [0.3, 0.4) is 0 Å². The molecule has 0 aliphatic rings. The van der Waals surface area contributed by atoms with Crippen molar-refractivity contribution >= 4 is 16.6 Å². The summed E-state index contributed by atoms with van der Waals surface area (Å²) in [6, 6.07) is 0. The van der Waals surface area contributed by atoms with Gasteiger partial charge in [-0.25, -0.2) is 0 Å². The van der Waals surface area contributed by atoms with Crippen molar-refractivity contribution < 1.29 is 8.85 Å². The SMILES string of the molecule is CC(C)CCCCCCCCCCCCCCCC(CO[Si](C)(C)C)O[Si](C)(C)C. The van der Waals surface area contributed by atoms with Crippen molar-refractivity contribution in [3.05, 3.63) is 0 Å². The van der Waals surface area contributed by atoms with E-state index in [4.69, 9.17) is 8.85 Å². The van der Waals surface area contributed by atoms with Crippen LogP contribution in [0.2, 0.25) is 39.3 Å². The van der Waals surface area contributed by atoms with Gasteiger partial charge >= 0.3 is 0 Å². The molecule has 0 spiro atoms. The average Bonchev–Trinajstić information content (AvgIpc) is 2.60. The molecule has 0 bridgehead atoms. The van der Waals surface area contributed by atoms with Gasteiger partial charge in [0.25, 0.3) is 0 Å². The standard InChI is InChI=1S/C26H58O2Si2/c1-25(2)22-20-18-16-14-12-10-9-11-13-15-17-19-21-23-26(28-30(6,7)8)24-27-29(3,4)5/h25-26H,9-24H2,1-8H3. The van der Waals surface area contributed by atoms with Crippen molar-refractivity contribution in [2.45, 2.75) is 156 Å². The summed E-state index contributed by atoms with van der Waals surface area (Å²) in [5, 5.41) is 0. The normalized spacial score (nSPS) is 13.9. The summed E-state index contributed by atoms with van der Waals surface area (Å²) in [5.41, 5.74) is 0. The van der Waals surface area contributed by atoms with Gasteiger partial charge in [0.15, 0.2) is 16.6 Å². The van der Waals surface area contributed by atoms with Crippen LogP contribution in [0.15, 0.2) is 0 Å². The monoisotopic (exact) mass is 458 g/mol. The lowest BCUT2D eigenvalue weighted by Gasteiger charge is -2.29. The van der Waals surface area contributed by atoms with Gasteiger partial charge in [-0.1, -0.05) is 104 Å². The second-order valence-corrected chi connectivity index (χ2v) is 20.8. The molecule has 0 radical (unpaired) electrons. The summed E-state index contributed by atoms with van der Waals surface area (Å²) < 4.78 is 12.5. The summed E-state index contributed by atoms with van der Waals surface area (Å²) in [4.78, 5) is 0. The van der Waals surface area contributed by atoms with Crippen LogP contribution in [0, 0.1) is 5.92 Å². The summed E-state index contributed by atoms with van der Waals surface area (Å²) in [5.74, 6) is 0.883. The molecule has 1 unspecified atom stereocenters. The number of hydrogen-bond donors (Lipinski definition) is 0. The van der Waals surface area contributed by atoms with Crippen LogP contribution in [-0.2, 0) is 8.85 Å². The molecule has 0 aliphatic carbocycles. The minimum absolute atomic E-state index is 0.314. The third kappa shape index (κ3) is 24.6. The topological polar surface area (TPSA) is 18.5 Å². The molecule has 1 atom stereocenters. The van der Waals surface area contributed by atoms with Crippen LogP contribution in [0.4, 0.5) is 0 Å². The number of hydrogen-bond acceptors (Lipinski definition) is 2. The summed E-state index contributed by atoms with van der Waals surface area (Å²) in [6.45, 7) is 19.2. The molecule has 0 fully saturated rings. The first kappa shape index (κ1) is 30.4. The molecule has 0 aromatic carbocycles. The molecule has 0 heterocycles. The van der Waals surface area contributed by atoms with E-state index in [2.05, 4.69) is 53.1 Å². The Hall–Kier alpha value is 0.354. The van der Waals surface area contributed by atoms with E-state index in [0.29, 0.717) is 6.10 Å². The minimum atomic E-state index is -1.49. The van der Waals surface area contributed by atoms with Crippen LogP contribution in [0.1, 0.15) is 110 Å². The molecule has 4 heteroatoms. The van der Waals surface area contributed by atoms with E-state index in [1.54, 1.807) is 0 Å². The van der Waals surface area contributed by atoms with Gasteiger partial charge in [0, 0.05) is 0 Å². The van der Waals surface area contributed by atoms with E-state index in [0.717, 1.165) is 12.5 Å². The van der Waals surface area contributed by atoms with E-state index < -0.39 is 16.6 Å². The maximum absolute atomic E-state index is 6.39. The Bertz CT molecular complexity index is 372. The van der Waals surface area contributed by atoms with Crippen LogP contribution < -0.4 is 0 Å². The van der Waals surface area contributed by atoms with Crippen molar-refractivity contribution in [3.63, 3.8) is 0 Å². The highest BCUT2D eigenvalue weighted by atomic mass is 28.4. The predicted molar refractivity (Wildman–Crippen MR) is 142 cm³/mol. The Morgan fingerprint density at radius 3 is 1.20 bits per heavy atom. The molecule has 0 saturated heterocycles. The molecule has 30 heavy (non-hydrogen) atoms. The summed E-state index contributed by atoms with van der Waals surface area (Å²) in [6.07, 6.45) is 21.4. The van der Waals surface area contributed by atoms with Crippen molar-refractivity contribution in [2.24, 2.45) is 5.92 Å². The molecule has 0 saturated carbocycles. The highest BCUT2D eigenvalue weighted by molar-refractivity contribution is 6.70. The Balaban J connectivity index is 3.56. The third-order valence-corrected chi connectivity index (χ3v) is 7.60. The lowest BCUT2D eigenvalue weighted by atomic mass is 10.0. The quantitative estimate of drug-likeness (QED) is 0.126. The van der Waals surface area contributed by atoms with E-state index in [1.807, 2.05) is 0 Å². The first-order chi connectivity index (χ1) is 14.0. The van der Waals surface area contributed by atoms with E-state index >= 15 is 0 Å².